The van der Waals surface area contributed by atoms with Gasteiger partial charge in [-0.3, -0.25) is 0 Å². The zero-order chi connectivity index (χ0) is 14.5. The number of hydrogen-bond donors (Lipinski definition) is 2. The van der Waals surface area contributed by atoms with Crippen LogP contribution in [0.15, 0.2) is 42.5 Å². The van der Waals surface area contributed by atoms with Crippen molar-refractivity contribution in [2.75, 3.05) is 5.32 Å². The summed E-state index contributed by atoms with van der Waals surface area (Å²) in [6.45, 7) is 6.12. The Balaban J connectivity index is 1.95. The molecule has 0 aliphatic rings. The Bertz CT molecular complexity index is 593. The first-order chi connectivity index (χ1) is 9.54. The van der Waals surface area contributed by atoms with Crippen LogP contribution in [0.2, 0.25) is 0 Å². The summed E-state index contributed by atoms with van der Waals surface area (Å²) < 4.78 is 0. The minimum Gasteiger partial charge on any atom is -0.356 e. The largest absolute Gasteiger partial charge is 0.356 e. The molecule has 0 saturated heterocycles. The van der Waals surface area contributed by atoms with Crippen LogP contribution in [0.1, 0.15) is 29.8 Å². The quantitative estimate of drug-likeness (QED) is 0.842. The van der Waals surface area contributed by atoms with E-state index < -0.39 is 0 Å². The maximum absolute atomic E-state index is 5.32. The monoisotopic (exact) mass is 285 g/mol. The van der Waals surface area contributed by atoms with E-state index in [4.69, 9.17) is 12.2 Å². The van der Waals surface area contributed by atoms with Gasteiger partial charge in [0.15, 0.2) is 5.11 Å². The summed E-state index contributed by atoms with van der Waals surface area (Å²) in [4.78, 5) is 4.37. The third-order valence-corrected chi connectivity index (χ3v) is 3.27. The highest BCUT2D eigenvalue weighted by Crippen LogP contribution is 2.13. The molecule has 2 N–H and O–H groups in total. The minimum absolute atomic E-state index is 0.153. The van der Waals surface area contributed by atoms with Gasteiger partial charge in [0.05, 0.1) is 6.04 Å². The Kier molecular flexibility index (Phi) is 4.69. The Morgan fingerprint density at radius 2 is 1.80 bits per heavy atom. The van der Waals surface area contributed by atoms with Crippen molar-refractivity contribution in [1.29, 1.82) is 0 Å². The van der Waals surface area contributed by atoms with Crippen molar-refractivity contribution < 1.29 is 0 Å². The summed E-state index contributed by atoms with van der Waals surface area (Å²) in [7, 11) is 0. The number of aryl methyl sites for hydroxylation is 2. The highest BCUT2D eigenvalue weighted by molar-refractivity contribution is 7.80. The van der Waals surface area contributed by atoms with Crippen LogP contribution < -0.4 is 10.6 Å². The van der Waals surface area contributed by atoms with Crippen LogP contribution in [-0.4, -0.2) is 10.1 Å². The van der Waals surface area contributed by atoms with Gasteiger partial charge in [-0.05, 0) is 50.7 Å². The smallest absolute Gasteiger partial charge is 0.172 e. The lowest BCUT2D eigenvalue weighted by Gasteiger charge is -2.17. The first kappa shape index (κ1) is 14.5. The van der Waals surface area contributed by atoms with Gasteiger partial charge in [-0.1, -0.05) is 35.9 Å². The molecule has 0 bridgehead atoms. The van der Waals surface area contributed by atoms with Gasteiger partial charge in [0.2, 0.25) is 0 Å². The molecule has 4 heteroatoms. The van der Waals surface area contributed by atoms with Gasteiger partial charge >= 0.3 is 0 Å². The van der Waals surface area contributed by atoms with Crippen LogP contribution in [0, 0.1) is 13.8 Å². The Morgan fingerprint density at radius 3 is 2.45 bits per heavy atom. The molecular formula is C16H19N3S. The zero-order valence-corrected chi connectivity index (χ0v) is 12.8. The first-order valence-corrected chi connectivity index (χ1v) is 7.03. The molecule has 1 heterocycles. The van der Waals surface area contributed by atoms with Gasteiger partial charge in [-0.15, -0.1) is 0 Å². The number of rotatable bonds is 3. The molecule has 0 amide bonds. The lowest BCUT2D eigenvalue weighted by Crippen LogP contribution is -2.31. The van der Waals surface area contributed by atoms with E-state index in [-0.39, 0.29) is 6.04 Å². The number of nitrogens with zero attached hydrogens (tertiary/aromatic N) is 1. The van der Waals surface area contributed by atoms with Crippen LogP contribution in [0.4, 0.5) is 5.82 Å². The number of thiocarbonyl (C=S) groups is 1. The lowest BCUT2D eigenvalue weighted by atomic mass is 10.1. The minimum atomic E-state index is 0.153. The molecule has 0 aliphatic heterocycles. The fraction of sp³-hybridized carbons (Fsp3) is 0.250. The van der Waals surface area contributed by atoms with Crippen LogP contribution in [-0.2, 0) is 0 Å². The van der Waals surface area contributed by atoms with Crippen molar-refractivity contribution >= 4 is 23.1 Å². The summed E-state index contributed by atoms with van der Waals surface area (Å²) in [6, 6.07) is 14.4. The normalized spacial score (nSPS) is 11.8. The number of aromatic nitrogens is 1. The molecule has 2 aromatic rings. The molecule has 1 aromatic heterocycles. The first-order valence-electron chi connectivity index (χ1n) is 6.62. The number of nitrogens with one attached hydrogen (secondary N) is 2. The molecule has 0 aliphatic carbocycles. The average molecular weight is 285 g/mol. The van der Waals surface area contributed by atoms with E-state index in [1.807, 2.05) is 25.1 Å². The van der Waals surface area contributed by atoms with Crippen LogP contribution >= 0.6 is 12.2 Å². The molecule has 104 valence electrons. The second-order valence-electron chi connectivity index (χ2n) is 4.90. The maximum atomic E-state index is 5.32. The fourth-order valence-electron chi connectivity index (χ4n) is 1.90. The van der Waals surface area contributed by atoms with Crippen molar-refractivity contribution in [2.45, 2.75) is 26.8 Å². The number of anilines is 1. The molecule has 1 unspecified atom stereocenters. The second-order valence-corrected chi connectivity index (χ2v) is 5.30. The van der Waals surface area contributed by atoms with Crippen molar-refractivity contribution in [1.82, 2.24) is 10.3 Å². The van der Waals surface area contributed by atoms with Crippen LogP contribution in [0.5, 0.6) is 0 Å². The molecule has 1 atom stereocenters. The molecule has 0 radical (unpaired) electrons. The second kappa shape index (κ2) is 6.48. The van der Waals surface area contributed by atoms with Crippen molar-refractivity contribution in [3.63, 3.8) is 0 Å². The van der Waals surface area contributed by atoms with E-state index in [9.17, 15) is 0 Å². The topological polar surface area (TPSA) is 37.0 Å². The van der Waals surface area contributed by atoms with E-state index in [0.29, 0.717) is 5.11 Å². The predicted octanol–water partition coefficient (Wildman–Crippen LogP) is 3.75. The van der Waals surface area contributed by atoms with E-state index >= 15 is 0 Å². The predicted molar refractivity (Wildman–Crippen MR) is 87.9 cm³/mol. The number of hydrogen-bond acceptors (Lipinski definition) is 2. The van der Waals surface area contributed by atoms with Gasteiger partial charge < -0.3 is 10.6 Å². The number of benzene rings is 1. The summed E-state index contributed by atoms with van der Waals surface area (Å²) in [5.74, 6) is 0.763. The maximum Gasteiger partial charge on any atom is 0.172 e. The van der Waals surface area contributed by atoms with Crippen molar-refractivity contribution in [3.05, 3.63) is 59.3 Å². The molecule has 0 spiro atoms. The highest BCUT2D eigenvalue weighted by Gasteiger charge is 2.07. The summed E-state index contributed by atoms with van der Waals surface area (Å²) in [5, 5.41) is 6.95. The van der Waals surface area contributed by atoms with Gasteiger partial charge in [0.1, 0.15) is 5.82 Å². The fourth-order valence-corrected chi connectivity index (χ4v) is 2.18. The molecule has 3 nitrogen and oxygen atoms in total. The summed E-state index contributed by atoms with van der Waals surface area (Å²) in [5.41, 5.74) is 3.42. The van der Waals surface area contributed by atoms with E-state index in [0.717, 1.165) is 11.5 Å². The summed E-state index contributed by atoms with van der Waals surface area (Å²) in [6.07, 6.45) is 0. The van der Waals surface area contributed by atoms with E-state index in [1.54, 1.807) is 0 Å². The van der Waals surface area contributed by atoms with Crippen molar-refractivity contribution in [2.24, 2.45) is 0 Å². The highest BCUT2D eigenvalue weighted by atomic mass is 32.1. The van der Waals surface area contributed by atoms with Crippen LogP contribution in [0.3, 0.4) is 0 Å². The molecule has 2 rings (SSSR count). The molecule has 1 aromatic carbocycles. The molecule has 0 saturated carbocycles. The van der Waals surface area contributed by atoms with Crippen LogP contribution in [0.25, 0.3) is 0 Å². The molecular weight excluding hydrogens is 266 g/mol. The Hall–Kier alpha value is -1.94. The molecule has 0 fully saturated rings. The van der Waals surface area contributed by atoms with Crippen molar-refractivity contribution in [3.8, 4) is 0 Å². The third-order valence-electron chi connectivity index (χ3n) is 3.05. The Labute approximate surface area is 125 Å². The van der Waals surface area contributed by atoms with Gasteiger partial charge in [0, 0.05) is 5.69 Å². The standard InChI is InChI=1S/C16H19N3S/c1-11-7-9-14(10-8-11)13(3)18-16(20)19-15-6-4-5-12(2)17-15/h4-10,13H,1-3H3,(H2,17,18,19,20). The van der Waals surface area contributed by atoms with E-state index in [1.165, 1.54) is 11.1 Å². The van der Waals surface area contributed by atoms with Gasteiger partial charge in [-0.25, -0.2) is 4.98 Å². The SMILES string of the molecule is Cc1ccc(C(C)NC(=S)Nc2cccc(C)n2)cc1. The van der Waals surface area contributed by atoms with E-state index in [2.05, 4.69) is 53.7 Å². The lowest BCUT2D eigenvalue weighted by molar-refractivity contribution is 0.722. The molecule has 20 heavy (non-hydrogen) atoms. The van der Waals surface area contributed by atoms with Gasteiger partial charge in [-0.2, -0.15) is 0 Å². The average Bonchev–Trinajstić information content (AvgIpc) is 2.39. The Morgan fingerprint density at radius 1 is 1.10 bits per heavy atom. The third kappa shape index (κ3) is 4.03. The zero-order valence-electron chi connectivity index (χ0n) is 12.0. The number of pyridine rings is 1. The van der Waals surface area contributed by atoms with Gasteiger partial charge in [0.25, 0.3) is 0 Å². The summed E-state index contributed by atoms with van der Waals surface area (Å²) >= 11 is 5.32.